The van der Waals surface area contributed by atoms with Crippen molar-refractivity contribution in [3.05, 3.63) is 119 Å². The van der Waals surface area contributed by atoms with Gasteiger partial charge in [0.15, 0.2) is 11.5 Å². The number of benzene rings is 5. The molecular weight excluding hydrogens is 416 g/mol. The van der Waals surface area contributed by atoms with E-state index in [1.54, 1.807) is 14.2 Å². The molecule has 0 fully saturated rings. The van der Waals surface area contributed by atoms with Gasteiger partial charge in [0.1, 0.15) is 0 Å². The Labute approximate surface area is 201 Å². The van der Waals surface area contributed by atoms with Gasteiger partial charge < -0.3 is 9.47 Å². The summed E-state index contributed by atoms with van der Waals surface area (Å²) in [6.07, 6.45) is 3.91. The maximum Gasteiger partial charge on any atom is 0.161 e. The smallest absolute Gasteiger partial charge is 0.161 e. The molecule has 0 amide bonds. The average molecular weight is 447 g/mol. The third kappa shape index (κ3) is 4.77. The largest absolute Gasteiger partial charge is 0.493 e. The van der Waals surface area contributed by atoms with Gasteiger partial charge in [0, 0.05) is 0 Å². The topological polar surface area (TPSA) is 18.5 Å². The van der Waals surface area contributed by atoms with Crippen molar-refractivity contribution in [3.63, 3.8) is 0 Å². The predicted octanol–water partition coefficient (Wildman–Crippen LogP) is 7.58. The van der Waals surface area contributed by atoms with E-state index in [0.29, 0.717) is 0 Å². The molecule has 0 aliphatic heterocycles. The van der Waals surface area contributed by atoms with Crippen LogP contribution in [0.5, 0.6) is 11.5 Å². The number of hydrogen-bond donors (Lipinski definition) is 0. The highest BCUT2D eigenvalue weighted by Crippen LogP contribution is 2.32. The average Bonchev–Trinajstić information content (AvgIpc) is 2.90. The molecule has 2 nitrogen and oxygen atoms in total. The van der Waals surface area contributed by atoms with Gasteiger partial charge in [0.05, 0.1) is 14.2 Å². The lowest BCUT2D eigenvalue weighted by molar-refractivity contribution is 0.354. The molecule has 5 rings (SSSR count). The minimum Gasteiger partial charge on any atom is -0.493 e. The summed E-state index contributed by atoms with van der Waals surface area (Å²) in [7, 11) is 3.42. The Morgan fingerprint density at radius 2 is 0.853 bits per heavy atom. The Kier molecular flexibility index (Phi) is 6.49. The van der Waals surface area contributed by atoms with Crippen LogP contribution in [0.15, 0.2) is 97.1 Å². The quantitative estimate of drug-likeness (QED) is 0.245. The molecule has 34 heavy (non-hydrogen) atoms. The highest BCUT2D eigenvalue weighted by atomic mass is 16.5. The number of aryl methyl sites for hydroxylation is 4. The first-order valence-corrected chi connectivity index (χ1v) is 11.9. The van der Waals surface area contributed by atoms with Gasteiger partial charge in [-0.3, -0.25) is 0 Å². The highest BCUT2D eigenvalue weighted by molar-refractivity contribution is 5.83. The van der Waals surface area contributed by atoms with Gasteiger partial charge in [-0.1, -0.05) is 84.9 Å². The third-order valence-corrected chi connectivity index (χ3v) is 6.70. The van der Waals surface area contributed by atoms with E-state index in [1.807, 2.05) is 0 Å². The van der Waals surface area contributed by atoms with Crippen molar-refractivity contribution in [2.45, 2.75) is 25.7 Å². The maximum atomic E-state index is 5.63. The van der Waals surface area contributed by atoms with E-state index in [9.17, 15) is 0 Å². The number of ether oxygens (including phenoxy) is 2. The molecule has 0 spiro atoms. The van der Waals surface area contributed by atoms with Crippen molar-refractivity contribution in [1.29, 1.82) is 0 Å². The van der Waals surface area contributed by atoms with Crippen LogP contribution < -0.4 is 9.47 Å². The minimum absolute atomic E-state index is 0.797. The zero-order valence-corrected chi connectivity index (χ0v) is 19.9. The monoisotopic (exact) mass is 446 g/mol. The molecule has 0 aliphatic carbocycles. The van der Waals surface area contributed by atoms with Gasteiger partial charge in [-0.05, 0) is 81.6 Å². The Bertz CT molecular complexity index is 1320. The predicted molar refractivity (Wildman–Crippen MR) is 142 cm³/mol. The fraction of sp³-hybridized carbons (Fsp3) is 0.188. The normalized spacial score (nSPS) is 11.1. The summed E-state index contributed by atoms with van der Waals surface area (Å²) in [5, 5.41) is 5.16. The van der Waals surface area contributed by atoms with Crippen LogP contribution in [0.4, 0.5) is 0 Å². The summed E-state index contributed by atoms with van der Waals surface area (Å²) in [6.45, 7) is 0. The molecule has 0 heterocycles. The Morgan fingerprint density at radius 1 is 0.441 bits per heavy atom. The number of methoxy groups -OCH3 is 2. The lowest BCUT2D eigenvalue weighted by atomic mass is 9.94. The van der Waals surface area contributed by atoms with E-state index in [0.717, 1.165) is 37.2 Å². The standard InChI is InChI=1S/C32H30O2/c1-33-31-21-29(17-13-23-11-15-25-7-3-5-9-27(25)19-23)30(22-32(31)34-2)18-14-24-12-16-26-8-4-6-10-28(26)20-24/h3-12,15-16,19-22H,13-14,17-18H2,1-2H3. The summed E-state index contributed by atoms with van der Waals surface area (Å²) in [5.41, 5.74) is 5.36. The molecular formula is C32H30O2. The van der Waals surface area contributed by atoms with Crippen LogP contribution in [0.1, 0.15) is 22.3 Å². The Morgan fingerprint density at radius 3 is 1.26 bits per heavy atom. The molecule has 0 saturated heterocycles. The first-order valence-electron chi connectivity index (χ1n) is 11.9. The van der Waals surface area contributed by atoms with Gasteiger partial charge in [0.25, 0.3) is 0 Å². The summed E-state index contributed by atoms with van der Waals surface area (Å²) in [4.78, 5) is 0. The molecule has 5 aromatic rings. The van der Waals surface area contributed by atoms with Crippen molar-refractivity contribution >= 4 is 21.5 Å². The second-order valence-electron chi connectivity index (χ2n) is 8.84. The molecule has 0 atom stereocenters. The first kappa shape index (κ1) is 22.0. The molecule has 170 valence electrons. The van der Waals surface area contributed by atoms with E-state index in [-0.39, 0.29) is 0 Å². The molecule has 0 bridgehead atoms. The molecule has 5 aromatic carbocycles. The molecule has 0 saturated carbocycles. The number of hydrogen-bond acceptors (Lipinski definition) is 2. The Balaban J connectivity index is 1.39. The van der Waals surface area contributed by atoms with Crippen molar-refractivity contribution < 1.29 is 9.47 Å². The van der Waals surface area contributed by atoms with Gasteiger partial charge in [-0.25, -0.2) is 0 Å². The van der Waals surface area contributed by atoms with Gasteiger partial charge in [-0.2, -0.15) is 0 Å². The van der Waals surface area contributed by atoms with Crippen LogP contribution in [0.2, 0.25) is 0 Å². The fourth-order valence-electron chi connectivity index (χ4n) is 4.78. The molecule has 0 aromatic heterocycles. The van der Waals surface area contributed by atoms with Crippen LogP contribution in [0, 0.1) is 0 Å². The summed E-state index contributed by atoms with van der Waals surface area (Å²) in [6, 6.07) is 35.0. The zero-order chi connectivity index (χ0) is 23.3. The molecule has 0 aliphatic rings. The first-order chi connectivity index (χ1) is 16.7. The summed E-state index contributed by atoms with van der Waals surface area (Å²) < 4.78 is 11.3. The molecule has 0 radical (unpaired) electrons. The zero-order valence-electron chi connectivity index (χ0n) is 19.9. The van der Waals surface area contributed by atoms with Gasteiger partial charge in [-0.15, -0.1) is 0 Å². The molecule has 2 heteroatoms. The van der Waals surface area contributed by atoms with Crippen LogP contribution in [0.25, 0.3) is 21.5 Å². The number of rotatable bonds is 8. The van der Waals surface area contributed by atoms with Crippen LogP contribution in [0.3, 0.4) is 0 Å². The van der Waals surface area contributed by atoms with E-state index < -0.39 is 0 Å². The minimum atomic E-state index is 0.797. The molecule has 0 N–H and O–H groups in total. The Hall–Kier alpha value is -3.78. The second kappa shape index (κ2) is 10.0. The van der Waals surface area contributed by atoms with Crippen molar-refractivity contribution in [3.8, 4) is 11.5 Å². The van der Waals surface area contributed by atoms with Gasteiger partial charge in [0.2, 0.25) is 0 Å². The molecule has 0 unspecified atom stereocenters. The van der Waals surface area contributed by atoms with E-state index >= 15 is 0 Å². The van der Waals surface area contributed by atoms with E-state index in [2.05, 4.69) is 97.1 Å². The van der Waals surface area contributed by atoms with Crippen molar-refractivity contribution in [2.24, 2.45) is 0 Å². The second-order valence-corrected chi connectivity index (χ2v) is 8.84. The summed E-state index contributed by atoms with van der Waals surface area (Å²) >= 11 is 0. The van der Waals surface area contributed by atoms with Crippen LogP contribution in [-0.4, -0.2) is 14.2 Å². The fourth-order valence-corrected chi connectivity index (χ4v) is 4.78. The number of fused-ring (bicyclic) bond motifs is 2. The highest BCUT2D eigenvalue weighted by Gasteiger charge is 2.12. The van der Waals surface area contributed by atoms with Gasteiger partial charge >= 0.3 is 0 Å². The maximum absolute atomic E-state index is 5.63. The lowest BCUT2D eigenvalue weighted by Gasteiger charge is -2.16. The van der Waals surface area contributed by atoms with Crippen LogP contribution >= 0.6 is 0 Å². The van der Waals surface area contributed by atoms with Crippen molar-refractivity contribution in [1.82, 2.24) is 0 Å². The van der Waals surface area contributed by atoms with E-state index in [1.165, 1.54) is 43.8 Å². The summed E-state index contributed by atoms with van der Waals surface area (Å²) in [5.74, 6) is 1.59. The van der Waals surface area contributed by atoms with Crippen molar-refractivity contribution in [2.75, 3.05) is 14.2 Å². The van der Waals surface area contributed by atoms with E-state index in [4.69, 9.17) is 9.47 Å². The SMILES string of the molecule is COc1cc(CCc2ccc3ccccc3c2)c(CCc2ccc3ccccc3c2)cc1OC. The third-order valence-electron chi connectivity index (χ3n) is 6.70. The van der Waals surface area contributed by atoms with Crippen LogP contribution in [-0.2, 0) is 25.7 Å². The lowest BCUT2D eigenvalue weighted by Crippen LogP contribution is -2.02.